The van der Waals surface area contributed by atoms with Crippen LogP contribution in [-0.2, 0) is 0 Å². The summed E-state index contributed by atoms with van der Waals surface area (Å²) in [6, 6.07) is 5.14. The lowest BCUT2D eigenvalue weighted by Gasteiger charge is -2.14. The van der Waals surface area contributed by atoms with Crippen LogP contribution < -0.4 is 5.32 Å². The molecule has 14 heavy (non-hydrogen) atoms. The number of hydrogen-bond acceptors (Lipinski definition) is 1. The number of halogens is 2. The Morgan fingerprint density at radius 3 is 2.79 bits per heavy atom. The van der Waals surface area contributed by atoms with Crippen molar-refractivity contribution >= 4 is 17.3 Å². The van der Waals surface area contributed by atoms with Crippen LogP contribution in [0.1, 0.15) is 26.7 Å². The fourth-order valence-corrected chi connectivity index (χ4v) is 1.49. The van der Waals surface area contributed by atoms with Gasteiger partial charge in [-0.2, -0.15) is 0 Å². The molecule has 0 aliphatic carbocycles. The summed E-state index contributed by atoms with van der Waals surface area (Å²) in [5.41, 5.74) is 0.785. The second kappa shape index (κ2) is 5.20. The van der Waals surface area contributed by atoms with Gasteiger partial charge in [-0.25, -0.2) is 4.39 Å². The van der Waals surface area contributed by atoms with E-state index in [0.29, 0.717) is 6.04 Å². The fraction of sp³-hybridized carbons (Fsp3) is 0.455. The van der Waals surface area contributed by atoms with Gasteiger partial charge in [0.15, 0.2) is 0 Å². The third-order valence-corrected chi connectivity index (χ3v) is 2.36. The molecule has 1 unspecified atom stereocenters. The molecule has 0 spiro atoms. The van der Waals surface area contributed by atoms with Crippen LogP contribution in [-0.4, -0.2) is 6.04 Å². The molecule has 1 rings (SSSR count). The summed E-state index contributed by atoms with van der Waals surface area (Å²) in [6.07, 6.45) is 2.19. The predicted octanol–water partition coefficient (Wildman–Crippen LogP) is 4.08. The highest BCUT2D eigenvalue weighted by Crippen LogP contribution is 2.19. The summed E-state index contributed by atoms with van der Waals surface area (Å²) < 4.78 is 13.0. The second-order valence-electron chi connectivity index (χ2n) is 3.46. The molecule has 0 heterocycles. The van der Waals surface area contributed by atoms with E-state index in [4.69, 9.17) is 11.6 Å². The van der Waals surface area contributed by atoms with Crippen LogP contribution in [0, 0.1) is 5.82 Å². The standard InChI is InChI=1S/C11H15ClFN/c1-3-4-8(2)14-9-5-6-10(12)11(13)7-9/h5-8,14H,3-4H2,1-2H3. The molecule has 78 valence electrons. The molecule has 1 nitrogen and oxygen atoms in total. The first kappa shape index (κ1) is 11.3. The van der Waals surface area contributed by atoms with Crippen LogP contribution in [0.4, 0.5) is 10.1 Å². The Balaban J connectivity index is 2.63. The number of hydrogen-bond donors (Lipinski definition) is 1. The van der Waals surface area contributed by atoms with Gasteiger partial charge in [0.2, 0.25) is 0 Å². The fourth-order valence-electron chi connectivity index (χ4n) is 1.38. The van der Waals surface area contributed by atoms with Gasteiger partial charge < -0.3 is 5.32 Å². The number of benzene rings is 1. The third kappa shape index (κ3) is 3.18. The van der Waals surface area contributed by atoms with Crippen LogP contribution in [0.15, 0.2) is 18.2 Å². The summed E-state index contributed by atoms with van der Waals surface area (Å²) >= 11 is 5.58. The van der Waals surface area contributed by atoms with Crippen LogP contribution in [0.3, 0.4) is 0 Å². The zero-order valence-electron chi connectivity index (χ0n) is 8.48. The van der Waals surface area contributed by atoms with E-state index in [1.807, 2.05) is 0 Å². The quantitative estimate of drug-likeness (QED) is 0.798. The van der Waals surface area contributed by atoms with Gasteiger partial charge in [0.05, 0.1) is 5.02 Å². The van der Waals surface area contributed by atoms with Gasteiger partial charge >= 0.3 is 0 Å². The van der Waals surface area contributed by atoms with Crippen LogP contribution in [0.2, 0.25) is 5.02 Å². The van der Waals surface area contributed by atoms with Crippen molar-refractivity contribution in [2.24, 2.45) is 0 Å². The van der Waals surface area contributed by atoms with Crippen molar-refractivity contribution in [1.82, 2.24) is 0 Å². The average Bonchev–Trinajstić information content (AvgIpc) is 2.12. The summed E-state index contributed by atoms with van der Waals surface area (Å²) in [4.78, 5) is 0. The highest BCUT2D eigenvalue weighted by atomic mass is 35.5. The minimum Gasteiger partial charge on any atom is -0.383 e. The topological polar surface area (TPSA) is 12.0 Å². The normalized spacial score (nSPS) is 12.6. The van der Waals surface area contributed by atoms with Gasteiger partial charge in [0.1, 0.15) is 5.82 Å². The van der Waals surface area contributed by atoms with E-state index in [1.54, 1.807) is 12.1 Å². The zero-order valence-corrected chi connectivity index (χ0v) is 9.24. The molecule has 0 saturated carbocycles. The summed E-state index contributed by atoms with van der Waals surface area (Å²) in [5, 5.41) is 3.38. The summed E-state index contributed by atoms with van der Waals surface area (Å²) in [7, 11) is 0. The van der Waals surface area contributed by atoms with Crippen molar-refractivity contribution < 1.29 is 4.39 Å². The van der Waals surface area contributed by atoms with Crippen molar-refractivity contribution in [2.75, 3.05) is 5.32 Å². The Morgan fingerprint density at radius 1 is 1.50 bits per heavy atom. The smallest absolute Gasteiger partial charge is 0.143 e. The monoisotopic (exact) mass is 215 g/mol. The lowest BCUT2D eigenvalue weighted by molar-refractivity contribution is 0.627. The van der Waals surface area contributed by atoms with E-state index in [1.165, 1.54) is 6.07 Å². The average molecular weight is 216 g/mol. The zero-order chi connectivity index (χ0) is 10.6. The molecule has 1 atom stereocenters. The van der Waals surface area contributed by atoms with Crippen LogP contribution in [0.25, 0.3) is 0 Å². The molecule has 1 N–H and O–H groups in total. The Labute approximate surface area is 89.3 Å². The van der Waals surface area contributed by atoms with Crippen molar-refractivity contribution in [2.45, 2.75) is 32.7 Å². The maximum atomic E-state index is 13.0. The van der Waals surface area contributed by atoms with Gasteiger partial charge in [-0.1, -0.05) is 24.9 Å². The SMILES string of the molecule is CCCC(C)Nc1ccc(Cl)c(F)c1. The maximum Gasteiger partial charge on any atom is 0.143 e. The number of nitrogens with one attached hydrogen (secondary N) is 1. The molecule has 0 amide bonds. The van der Waals surface area contributed by atoms with E-state index in [-0.39, 0.29) is 10.8 Å². The highest BCUT2D eigenvalue weighted by Gasteiger charge is 2.03. The van der Waals surface area contributed by atoms with Crippen LogP contribution >= 0.6 is 11.6 Å². The minimum atomic E-state index is -0.375. The Morgan fingerprint density at radius 2 is 2.21 bits per heavy atom. The first-order valence-electron chi connectivity index (χ1n) is 4.85. The lowest BCUT2D eigenvalue weighted by atomic mass is 10.2. The molecule has 1 aromatic carbocycles. The molecule has 0 saturated heterocycles. The van der Waals surface area contributed by atoms with E-state index in [0.717, 1.165) is 18.5 Å². The van der Waals surface area contributed by atoms with Crippen molar-refractivity contribution in [3.63, 3.8) is 0 Å². The molecule has 0 bridgehead atoms. The Kier molecular flexibility index (Phi) is 4.21. The highest BCUT2D eigenvalue weighted by molar-refractivity contribution is 6.30. The summed E-state index contributed by atoms with van der Waals surface area (Å²) in [5.74, 6) is -0.375. The molecule has 0 aromatic heterocycles. The van der Waals surface area contributed by atoms with Gasteiger partial charge in [0.25, 0.3) is 0 Å². The van der Waals surface area contributed by atoms with Crippen molar-refractivity contribution in [3.8, 4) is 0 Å². The lowest BCUT2D eigenvalue weighted by Crippen LogP contribution is -2.14. The van der Waals surface area contributed by atoms with E-state index < -0.39 is 0 Å². The van der Waals surface area contributed by atoms with Crippen LogP contribution in [0.5, 0.6) is 0 Å². The van der Waals surface area contributed by atoms with E-state index >= 15 is 0 Å². The number of anilines is 1. The first-order valence-corrected chi connectivity index (χ1v) is 5.23. The third-order valence-electron chi connectivity index (χ3n) is 2.05. The van der Waals surface area contributed by atoms with Crippen molar-refractivity contribution in [3.05, 3.63) is 29.0 Å². The Hall–Kier alpha value is -0.760. The summed E-state index contributed by atoms with van der Waals surface area (Å²) in [6.45, 7) is 4.20. The van der Waals surface area contributed by atoms with E-state index in [2.05, 4.69) is 19.2 Å². The predicted molar refractivity (Wildman–Crippen MR) is 59.4 cm³/mol. The molecule has 0 aliphatic rings. The van der Waals surface area contributed by atoms with Gasteiger partial charge in [0, 0.05) is 11.7 Å². The van der Waals surface area contributed by atoms with E-state index in [9.17, 15) is 4.39 Å². The molecule has 0 fully saturated rings. The van der Waals surface area contributed by atoms with Gasteiger partial charge in [-0.05, 0) is 31.5 Å². The minimum absolute atomic E-state index is 0.165. The molecular formula is C11H15ClFN. The first-order chi connectivity index (χ1) is 6.63. The second-order valence-corrected chi connectivity index (χ2v) is 3.87. The largest absolute Gasteiger partial charge is 0.383 e. The van der Waals surface area contributed by atoms with Gasteiger partial charge in [-0.15, -0.1) is 0 Å². The molecule has 1 aromatic rings. The van der Waals surface area contributed by atoms with Gasteiger partial charge in [-0.3, -0.25) is 0 Å². The molecular weight excluding hydrogens is 201 g/mol. The molecule has 3 heteroatoms. The molecule has 0 radical (unpaired) electrons. The number of rotatable bonds is 4. The maximum absolute atomic E-state index is 13.0. The Bertz CT molecular complexity index is 301. The molecule has 0 aliphatic heterocycles. The van der Waals surface area contributed by atoms with Crippen molar-refractivity contribution in [1.29, 1.82) is 0 Å².